The van der Waals surface area contributed by atoms with Crippen molar-refractivity contribution in [2.24, 2.45) is 23.0 Å². The lowest BCUT2D eigenvalue weighted by Gasteiger charge is -2.43. The van der Waals surface area contributed by atoms with Gasteiger partial charge in [-0.2, -0.15) is 0 Å². The first kappa shape index (κ1) is 22.6. The van der Waals surface area contributed by atoms with Crippen molar-refractivity contribution >= 4 is 29.8 Å². The highest BCUT2D eigenvalue weighted by molar-refractivity contribution is 6.09. The summed E-state index contributed by atoms with van der Waals surface area (Å²) in [6.07, 6.45) is 0.641. The quantitative estimate of drug-likeness (QED) is 0.453. The number of rotatable bonds is 5. The van der Waals surface area contributed by atoms with Crippen molar-refractivity contribution in [3.63, 3.8) is 0 Å². The van der Waals surface area contributed by atoms with Crippen LogP contribution in [0.25, 0.3) is 0 Å². The third-order valence-electron chi connectivity index (χ3n) is 5.28. The third kappa shape index (κ3) is 5.04. The van der Waals surface area contributed by atoms with Crippen molar-refractivity contribution in [2.75, 3.05) is 6.54 Å². The van der Waals surface area contributed by atoms with E-state index in [1.54, 1.807) is 13.8 Å². The molecule has 162 valence electrons. The summed E-state index contributed by atoms with van der Waals surface area (Å²) in [4.78, 5) is 61.6. The first-order chi connectivity index (χ1) is 13.3. The molecule has 0 bridgehead atoms. The second-order valence-electron chi connectivity index (χ2n) is 9.27. The van der Waals surface area contributed by atoms with Gasteiger partial charge in [0.2, 0.25) is 0 Å². The highest BCUT2D eigenvalue weighted by atomic mass is 16.5. The van der Waals surface area contributed by atoms with Crippen LogP contribution in [0, 0.1) is 17.3 Å². The molecule has 2 fully saturated rings. The average molecular weight is 410 g/mol. The van der Waals surface area contributed by atoms with Crippen molar-refractivity contribution in [1.29, 1.82) is 0 Å². The van der Waals surface area contributed by atoms with Crippen LogP contribution < -0.4 is 16.4 Å². The van der Waals surface area contributed by atoms with E-state index in [0.29, 0.717) is 12.8 Å². The minimum Gasteiger partial charge on any atom is -0.451 e. The molecular weight excluding hydrogens is 380 g/mol. The summed E-state index contributed by atoms with van der Waals surface area (Å²) in [7, 11) is 0. The van der Waals surface area contributed by atoms with Crippen LogP contribution in [-0.2, 0) is 19.1 Å². The van der Waals surface area contributed by atoms with Crippen LogP contribution >= 0.6 is 0 Å². The first-order valence-corrected chi connectivity index (χ1v) is 9.70. The number of nitrogens with two attached hydrogens (primary N) is 1. The zero-order valence-corrected chi connectivity index (χ0v) is 17.5. The van der Waals surface area contributed by atoms with E-state index in [4.69, 9.17) is 10.5 Å². The van der Waals surface area contributed by atoms with Gasteiger partial charge in [0.25, 0.3) is 11.8 Å². The molecule has 0 aromatic carbocycles. The molecule has 3 atom stereocenters. The number of urea groups is 2. The second kappa shape index (κ2) is 8.00. The summed E-state index contributed by atoms with van der Waals surface area (Å²) in [5, 5.41) is 4.64. The SMILES string of the molecule is CC(C)[C@H](OC(=O)CN1C(=O)N[C@@]2(C[C@H](C)CC(C)(C)C2)C1=O)C(=O)NC(N)=O. The van der Waals surface area contributed by atoms with Crippen LogP contribution in [0.4, 0.5) is 9.59 Å². The number of nitrogens with one attached hydrogen (secondary N) is 2. The summed E-state index contributed by atoms with van der Waals surface area (Å²) in [6, 6.07) is -1.72. The number of amides is 6. The fourth-order valence-corrected chi connectivity index (χ4v) is 4.64. The Balaban J connectivity index is 2.10. The van der Waals surface area contributed by atoms with Gasteiger partial charge in [0, 0.05) is 0 Å². The van der Waals surface area contributed by atoms with Gasteiger partial charge < -0.3 is 15.8 Å². The highest BCUT2D eigenvalue weighted by Crippen LogP contribution is 2.46. The maximum atomic E-state index is 13.1. The molecule has 1 aliphatic carbocycles. The predicted molar refractivity (Wildman–Crippen MR) is 102 cm³/mol. The fraction of sp³-hybridized carbons (Fsp3) is 0.737. The van der Waals surface area contributed by atoms with Gasteiger partial charge in [-0.15, -0.1) is 0 Å². The molecule has 1 aliphatic heterocycles. The van der Waals surface area contributed by atoms with Gasteiger partial charge in [-0.05, 0) is 36.5 Å². The lowest BCUT2D eigenvalue weighted by molar-refractivity contribution is -0.160. The zero-order chi connectivity index (χ0) is 22.1. The molecule has 2 rings (SSSR count). The van der Waals surface area contributed by atoms with Gasteiger partial charge in [-0.3, -0.25) is 24.6 Å². The average Bonchev–Trinajstić information content (AvgIpc) is 2.73. The van der Waals surface area contributed by atoms with Crippen LogP contribution in [0.3, 0.4) is 0 Å². The van der Waals surface area contributed by atoms with Crippen molar-refractivity contribution in [3.05, 3.63) is 0 Å². The van der Waals surface area contributed by atoms with E-state index in [2.05, 4.69) is 5.32 Å². The molecule has 2 aliphatic rings. The lowest BCUT2D eigenvalue weighted by atomic mass is 9.64. The molecule has 0 aromatic rings. The predicted octanol–water partition coefficient (Wildman–Crippen LogP) is 0.886. The smallest absolute Gasteiger partial charge is 0.327 e. The normalized spacial score (nSPS) is 27.0. The highest BCUT2D eigenvalue weighted by Gasteiger charge is 2.56. The number of carbonyl (C=O) groups excluding carboxylic acids is 5. The summed E-state index contributed by atoms with van der Waals surface area (Å²) in [5.74, 6) is -2.46. The first-order valence-electron chi connectivity index (χ1n) is 9.70. The molecule has 1 heterocycles. The maximum absolute atomic E-state index is 13.1. The number of hydrogen-bond acceptors (Lipinski definition) is 6. The van der Waals surface area contributed by atoms with E-state index in [1.807, 2.05) is 26.1 Å². The molecule has 0 radical (unpaired) electrons. The molecule has 4 N–H and O–H groups in total. The van der Waals surface area contributed by atoms with Gasteiger partial charge >= 0.3 is 18.0 Å². The Labute approximate surface area is 169 Å². The van der Waals surface area contributed by atoms with Crippen LogP contribution in [0.5, 0.6) is 0 Å². The van der Waals surface area contributed by atoms with Crippen molar-refractivity contribution in [3.8, 4) is 0 Å². The van der Waals surface area contributed by atoms with E-state index < -0.39 is 54.0 Å². The fourth-order valence-electron chi connectivity index (χ4n) is 4.64. The van der Waals surface area contributed by atoms with Crippen molar-refractivity contribution in [2.45, 2.75) is 65.5 Å². The van der Waals surface area contributed by atoms with Gasteiger partial charge in [0.1, 0.15) is 12.1 Å². The molecule has 6 amide bonds. The molecule has 29 heavy (non-hydrogen) atoms. The van der Waals surface area contributed by atoms with Gasteiger partial charge in [-0.25, -0.2) is 9.59 Å². The molecule has 0 aromatic heterocycles. The standard InChI is InChI=1S/C19H30N4O6/c1-10(2)13(14(25)21-16(20)27)29-12(24)8-23-15(26)19(22-17(23)28)7-11(3)6-18(4,5)9-19/h10-11,13H,6-9H2,1-5H3,(H,22,28)(H3,20,21,25,27)/t11-,13+,19-/m1/s1. The second-order valence-corrected chi connectivity index (χ2v) is 9.27. The topological polar surface area (TPSA) is 148 Å². The summed E-state index contributed by atoms with van der Waals surface area (Å²) in [5.41, 5.74) is 3.76. The Morgan fingerprint density at radius 3 is 2.41 bits per heavy atom. The van der Waals surface area contributed by atoms with Crippen LogP contribution in [0.2, 0.25) is 0 Å². The summed E-state index contributed by atoms with van der Waals surface area (Å²) < 4.78 is 5.14. The molecule has 1 saturated carbocycles. The maximum Gasteiger partial charge on any atom is 0.327 e. The number of imide groups is 2. The Morgan fingerprint density at radius 2 is 1.90 bits per heavy atom. The van der Waals surface area contributed by atoms with Crippen LogP contribution in [0.15, 0.2) is 0 Å². The minimum absolute atomic E-state index is 0.132. The van der Waals surface area contributed by atoms with Crippen LogP contribution in [0.1, 0.15) is 53.9 Å². The summed E-state index contributed by atoms with van der Waals surface area (Å²) >= 11 is 0. The number of carbonyl (C=O) groups is 5. The van der Waals surface area contributed by atoms with Crippen molar-refractivity contribution in [1.82, 2.24) is 15.5 Å². The molecule has 10 heteroatoms. The van der Waals surface area contributed by atoms with E-state index in [0.717, 1.165) is 11.3 Å². The lowest BCUT2D eigenvalue weighted by Crippen LogP contribution is -2.54. The number of nitrogens with zero attached hydrogens (tertiary/aromatic N) is 1. The molecule has 10 nitrogen and oxygen atoms in total. The van der Waals surface area contributed by atoms with Gasteiger partial charge in [0.15, 0.2) is 6.10 Å². The number of primary amides is 1. The Morgan fingerprint density at radius 1 is 1.28 bits per heavy atom. The van der Waals surface area contributed by atoms with Crippen molar-refractivity contribution < 1.29 is 28.7 Å². The molecule has 1 spiro atoms. The molecular formula is C19H30N4O6. The van der Waals surface area contributed by atoms with E-state index in [1.165, 1.54) is 0 Å². The number of hydrogen-bond donors (Lipinski definition) is 3. The van der Waals surface area contributed by atoms with Gasteiger partial charge in [-0.1, -0.05) is 34.6 Å². The largest absolute Gasteiger partial charge is 0.451 e. The number of esters is 1. The Bertz CT molecular complexity index is 734. The van der Waals surface area contributed by atoms with Crippen LogP contribution in [-0.4, -0.2) is 52.9 Å². The molecule has 1 saturated heterocycles. The monoisotopic (exact) mass is 410 g/mol. The van der Waals surface area contributed by atoms with E-state index in [-0.39, 0.29) is 11.3 Å². The Kier molecular flexibility index (Phi) is 6.24. The third-order valence-corrected chi connectivity index (χ3v) is 5.28. The van der Waals surface area contributed by atoms with Gasteiger partial charge in [0.05, 0.1) is 0 Å². The minimum atomic E-state index is -1.28. The zero-order valence-electron chi connectivity index (χ0n) is 17.5. The molecule has 0 unspecified atom stereocenters. The Hall–Kier alpha value is -2.65. The summed E-state index contributed by atoms with van der Waals surface area (Å²) in [6.45, 7) is 8.74. The van der Waals surface area contributed by atoms with E-state index in [9.17, 15) is 24.0 Å². The van der Waals surface area contributed by atoms with E-state index >= 15 is 0 Å². The number of ether oxygens (including phenoxy) is 1.